The lowest BCUT2D eigenvalue weighted by Crippen LogP contribution is -1.92. The molecule has 0 aliphatic carbocycles. The maximum Gasteiger partial charge on any atom is 0.263 e. The van der Waals surface area contributed by atoms with E-state index in [0.717, 1.165) is 24.3 Å². The Morgan fingerprint density at radius 1 is 0.778 bits per heavy atom. The Hall–Kier alpha value is -2.04. The first-order valence-corrected chi connectivity index (χ1v) is 5.11. The van der Waals surface area contributed by atoms with E-state index >= 15 is 0 Å². The first-order valence-electron chi connectivity index (χ1n) is 5.11. The van der Waals surface area contributed by atoms with Crippen molar-refractivity contribution in [2.45, 2.75) is 6.43 Å². The molecule has 0 aromatic heterocycles. The molecule has 0 bridgehead atoms. The molecule has 18 heavy (non-hydrogen) atoms. The van der Waals surface area contributed by atoms with E-state index in [0.29, 0.717) is 6.07 Å². The molecule has 0 saturated carbocycles. The van der Waals surface area contributed by atoms with Crippen LogP contribution < -0.4 is 5.73 Å². The molecule has 1 nitrogen and oxygen atoms in total. The van der Waals surface area contributed by atoms with Gasteiger partial charge in [0.25, 0.3) is 6.43 Å². The van der Waals surface area contributed by atoms with Crippen LogP contribution in [0.2, 0.25) is 0 Å². The molecule has 0 radical (unpaired) electrons. The van der Waals surface area contributed by atoms with E-state index in [1.165, 1.54) is 6.07 Å². The Morgan fingerprint density at radius 3 is 1.89 bits per heavy atom. The summed E-state index contributed by atoms with van der Waals surface area (Å²) in [5, 5.41) is 0. The predicted octanol–water partition coefficient (Wildman–Crippen LogP) is 4.15. The van der Waals surface area contributed by atoms with Crippen LogP contribution in [-0.4, -0.2) is 0 Å². The van der Waals surface area contributed by atoms with E-state index in [2.05, 4.69) is 0 Å². The van der Waals surface area contributed by atoms with Crippen LogP contribution in [0.4, 0.5) is 23.2 Å². The van der Waals surface area contributed by atoms with Crippen molar-refractivity contribution in [2.75, 3.05) is 5.73 Å². The zero-order valence-electron chi connectivity index (χ0n) is 9.13. The summed E-state index contributed by atoms with van der Waals surface area (Å²) in [6.45, 7) is 0. The van der Waals surface area contributed by atoms with Gasteiger partial charge in [-0.1, -0.05) is 0 Å². The van der Waals surface area contributed by atoms with Crippen molar-refractivity contribution in [1.82, 2.24) is 0 Å². The van der Waals surface area contributed by atoms with Crippen LogP contribution in [0, 0.1) is 11.6 Å². The molecule has 0 aliphatic heterocycles. The molecular weight excluding hydrogens is 246 g/mol. The molecule has 2 aromatic carbocycles. The number of alkyl halides is 2. The fourth-order valence-corrected chi connectivity index (χ4v) is 1.69. The van der Waals surface area contributed by atoms with Gasteiger partial charge in [-0.2, -0.15) is 0 Å². The predicted molar refractivity (Wildman–Crippen MR) is 61.2 cm³/mol. The van der Waals surface area contributed by atoms with E-state index in [1.54, 1.807) is 0 Å². The molecule has 0 fully saturated rings. The van der Waals surface area contributed by atoms with E-state index < -0.39 is 18.1 Å². The van der Waals surface area contributed by atoms with Crippen molar-refractivity contribution in [3.05, 3.63) is 53.6 Å². The first-order chi connectivity index (χ1) is 8.45. The minimum absolute atomic E-state index is 0.118. The average molecular weight is 255 g/mol. The number of nitrogen functional groups attached to an aromatic ring is 1. The highest BCUT2D eigenvalue weighted by Gasteiger charge is 2.11. The topological polar surface area (TPSA) is 26.0 Å². The van der Waals surface area contributed by atoms with Gasteiger partial charge in [-0.25, -0.2) is 17.6 Å². The third-order valence-corrected chi connectivity index (χ3v) is 2.43. The molecule has 0 atom stereocenters. The molecular formula is C13H9F4N. The molecule has 2 N–H and O–H groups in total. The standard InChI is InChI=1S/C13H9F4N/c14-10-2-8(3-11(15)6-10)7-1-9(13(16)17)5-12(18)4-7/h1-6,13H,18H2. The zero-order chi connectivity index (χ0) is 13.3. The summed E-state index contributed by atoms with van der Waals surface area (Å²) in [4.78, 5) is 0. The lowest BCUT2D eigenvalue weighted by atomic mass is 10.0. The van der Waals surface area contributed by atoms with E-state index in [-0.39, 0.29) is 22.4 Å². The van der Waals surface area contributed by atoms with Crippen LogP contribution >= 0.6 is 0 Å². The Balaban J connectivity index is 2.56. The number of nitrogens with two attached hydrogens (primary N) is 1. The number of hydrogen-bond acceptors (Lipinski definition) is 1. The van der Waals surface area contributed by atoms with Crippen LogP contribution in [0.5, 0.6) is 0 Å². The fourth-order valence-electron chi connectivity index (χ4n) is 1.69. The van der Waals surface area contributed by atoms with Gasteiger partial charge in [0.1, 0.15) is 11.6 Å². The third-order valence-electron chi connectivity index (χ3n) is 2.43. The molecule has 0 amide bonds. The Morgan fingerprint density at radius 2 is 1.33 bits per heavy atom. The second kappa shape index (κ2) is 4.68. The summed E-state index contributed by atoms with van der Waals surface area (Å²) >= 11 is 0. The summed E-state index contributed by atoms with van der Waals surface area (Å²) in [6.07, 6.45) is -2.69. The molecule has 0 spiro atoms. The molecule has 0 aliphatic rings. The average Bonchev–Trinajstić information content (AvgIpc) is 2.26. The van der Waals surface area contributed by atoms with E-state index in [4.69, 9.17) is 5.73 Å². The molecule has 5 heteroatoms. The lowest BCUT2D eigenvalue weighted by Gasteiger charge is -2.07. The zero-order valence-corrected chi connectivity index (χ0v) is 9.13. The van der Waals surface area contributed by atoms with Crippen molar-refractivity contribution in [3.8, 4) is 11.1 Å². The van der Waals surface area contributed by atoms with Crippen molar-refractivity contribution in [3.63, 3.8) is 0 Å². The summed E-state index contributed by atoms with van der Waals surface area (Å²) in [6, 6.07) is 6.52. The third kappa shape index (κ3) is 2.61. The van der Waals surface area contributed by atoms with Crippen molar-refractivity contribution in [2.24, 2.45) is 0 Å². The van der Waals surface area contributed by atoms with Gasteiger partial charge in [-0.15, -0.1) is 0 Å². The number of benzene rings is 2. The second-order valence-electron chi connectivity index (χ2n) is 3.85. The highest BCUT2D eigenvalue weighted by atomic mass is 19.3. The molecule has 0 unspecified atom stereocenters. The van der Waals surface area contributed by atoms with Gasteiger partial charge in [0, 0.05) is 17.3 Å². The van der Waals surface area contributed by atoms with Gasteiger partial charge in [0.05, 0.1) is 0 Å². The molecule has 2 rings (SSSR count). The molecule has 0 heterocycles. The van der Waals surface area contributed by atoms with Crippen molar-refractivity contribution >= 4 is 5.69 Å². The number of halogens is 4. The maximum atomic E-state index is 13.1. The van der Waals surface area contributed by atoms with Crippen molar-refractivity contribution < 1.29 is 17.6 Å². The first kappa shape index (κ1) is 12.4. The maximum absolute atomic E-state index is 13.1. The molecule has 94 valence electrons. The Labute approximate surface area is 101 Å². The van der Waals surface area contributed by atoms with Crippen LogP contribution in [0.25, 0.3) is 11.1 Å². The van der Waals surface area contributed by atoms with Crippen LogP contribution in [0.15, 0.2) is 36.4 Å². The smallest absolute Gasteiger partial charge is 0.263 e. The number of rotatable bonds is 2. The van der Waals surface area contributed by atoms with Gasteiger partial charge < -0.3 is 5.73 Å². The largest absolute Gasteiger partial charge is 0.399 e. The quantitative estimate of drug-likeness (QED) is 0.633. The van der Waals surface area contributed by atoms with Gasteiger partial charge in [0.2, 0.25) is 0 Å². The Kier molecular flexibility index (Phi) is 3.23. The number of anilines is 1. The molecule has 0 saturated heterocycles. The van der Waals surface area contributed by atoms with Crippen LogP contribution in [-0.2, 0) is 0 Å². The lowest BCUT2D eigenvalue weighted by molar-refractivity contribution is 0.151. The second-order valence-corrected chi connectivity index (χ2v) is 3.85. The van der Waals surface area contributed by atoms with E-state index in [1.807, 2.05) is 0 Å². The minimum atomic E-state index is -2.69. The van der Waals surface area contributed by atoms with Gasteiger partial charge in [-0.05, 0) is 41.5 Å². The monoisotopic (exact) mass is 255 g/mol. The minimum Gasteiger partial charge on any atom is -0.399 e. The number of hydrogen-bond donors (Lipinski definition) is 1. The summed E-state index contributed by atoms with van der Waals surface area (Å²) in [7, 11) is 0. The highest BCUT2D eigenvalue weighted by Crippen LogP contribution is 2.29. The summed E-state index contributed by atoms with van der Waals surface area (Å²) < 4.78 is 51.3. The SMILES string of the molecule is Nc1cc(-c2cc(F)cc(F)c2)cc(C(F)F)c1. The van der Waals surface area contributed by atoms with Gasteiger partial charge in [-0.3, -0.25) is 0 Å². The summed E-state index contributed by atoms with van der Waals surface area (Å²) in [5.74, 6) is -1.54. The summed E-state index contributed by atoms with van der Waals surface area (Å²) in [5.41, 5.74) is 5.75. The van der Waals surface area contributed by atoms with E-state index in [9.17, 15) is 17.6 Å². The highest BCUT2D eigenvalue weighted by molar-refractivity contribution is 5.68. The fraction of sp³-hybridized carbons (Fsp3) is 0.0769. The normalized spacial score (nSPS) is 10.9. The van der Waals surface area contributed by atoms with Crippen LogP contribution in [0.3, 0.4) is 0 Å². The molecule has 2 aromatic rings. The van der Waals surface area contributed by atoms with Crippen LogP contribution in [0.1, 0.15) is 12.0 Å². The van der Waals surface area contributed by atoms with Crippen molar-refractivity contribution in [1.29, 1.82) is 0 Å². The van der Waals surface area contributed by atoms with Gasteiger partial charge >= 0.3 is 0 Å². The Bertz CT molecular complexity index is 561. The van der Waals surface area contributed by atoms with Gasteiger partial charge in [0.15, 0.2) is 0 Å².